The summed E-state index contributed by atoms with van der Waals surface area (Å²) in [6.45, 7) is 6.73. The van der Waals surface area contributed by atoms with Crippen LogP contribution >= 0.6 is 15.9 Å². The summed E-state index contributed by atoms with van der Waals surface area (Å²) in [5, 5.41) is 3.37. The van der Waals surface area contributed by atoms with E-state index in [0.29, 0.717) is 6.04 Å². The van der Waals surface area contributed by atoms with Crippen molar-refractivity contribution in [2.24, 2.45) is 5.41 Å². The molecule has 0 spiro atoms. The zero-order valence-corrected chi connectivity index (χ0v) is 13.3. The number of hydrogen-bond donors (Lipinski definition) is 1. The molecule has 0 heterocycles. The van der Waals surface area contributed by atoms with Crippen molar-refractivity contribution in [3.05, 3.63) is 34.1 Å². The Morgan fingerprint density at radius 2 is 2.00 bits per heavy atom. The van der Waals surface area contributed by atoms with Crippen molar-refractivity contribution in [3.8, 4) is 0 Å². The van der Waals surface area contributed by atoms with Crippen molar-refractivity contribution < 1.29 is 4.39 Å². The standard InChI is InChI=1S/C15H23BrFN/c1-15(2,3)14(18-4)7-5-6-11-10-12(17)8-9-13(11)16/h8-10,14,18H,5-7H2,1-4H3. The Morgan fingerprint density at radius 1 is 1.33 bits per heavy atom. The third kappa shape index (κ3) is 4.69. The van der Waals surface area contributed by atoms with Gasteiger partial charge in [0.1, 0.15) is 5.82 Å². The van der Waals surface area contributed by atoms with Crippen molar-refractivity contribution in [1.29, 1.82) is 0 Å². The van der Waals surface area contributed by atoms with E-state index in [0.717, 1.165) is 29.3 Å². The second kappa shape index (κ2) is 6.67. The highest BCUT2D eigenvalue weighted by Crippen LogP contribution is 2.25. The molecule has 0 aliphatic heterocycles. The molecule has 3 heteroatoms. The second-order valence-corrected chi connectivity index (χ2v) is 6.69. The molecule has 1 atom stereocenters. The van der Waals surface area contributed by atoms with Gasteiger partial charge >= 0.3 is 0 Å². The predicted molar refractivity (Wildman–Crippen MR) is 79.3 cm³/mol. The van der Waals surface area contributed by atoms with Gasteiger partial charge < -0.3 is 5.32 Å². The van der Waals surface area contributed by atoms with Gasteiger partial charge in [-0.3, -0.25) is 0 Å². The summed E-state index contributed by atoms with van der Waals surface area (Å²) in [5.41, 5.74) is 1.31. The number of aryl methyl sites for hydroxylation is 1. The van der Waals surface area contributed by atoms with E-state index in [1.807, 2.05) is 7.05 Å². The van der Waals surface area contributed by atoms with Crippen LogP contribution in [0.5, 0.6) is 0 Å². The van der Waals surface area contributed by atoms with Crippen LogP contribution in [0.4, 0.5) is 4.39 Å². The van der Waals surface area contributed by atoms with Gasteiger partial charge in [-0.05, 0) is 55.5 Å². The van der Waals surface area contributed by atoms with Crippen LogP contribution < -0.4 is 5.32 Å². The molecule has 0 aliphatic carbocycles. The lowest BCUT2D eigenvalue weighted by Gasteiger charge is -2.30. The molecule has 102 valence electrons. The molecule has 1 rings (SSSR count). The summed E-state index contributed by atoms with van der Waals surface area (Å²) in [7, 11) is 2.01. The smallest absolute Gasteiger partial charge is 0.123 e. The third-order valence-corrected chi connectivity index (χ3v) is 4.11. The molecule has 0 aromatic heterocycles. The maximum absolute atomic E-state index is 13.2. The molecule has 0 radical (unpaired) electrons. The Bertz CT molecular complexity index is 385. The zero-order chi connectivity index (χ0) is 13.8. The lowest BCUT2D eigenvalue weighted by Crippen LogP contribution is -2.37. The Kier molecular flexibility index (Phi) is 5.80. The first-order valence-electron chi connectivity index (χ1n) is 6.46. The number of hydrogen-bond acceptors (Lipinski definition) is 1. The van der Waals surface area contributed by atoms with Crippen LogP contribution in [0.25, 0.3) is 0 Å². The minimum atomic E-state index is -0.158. The van der Waals surface area contributed by atoms with Crippen LogP contribution in [0.1, 0.15) is 39.2 Å². The largest absolute Gasteiger partial charge is 0.316 e. The van der Waals surface area contributed by atoms with Crippen molar-refractivity contribution in [1.82, 2.24) is 5.32 Å². The SMILES string of the molecule is CNC(CCCc1cc(F)ccc1Br)C(C)(C)C. The molecule has 18 heavy (non-hydrogen) atoms. The van der Waals surface area contributed by atoms with E-state index in [2.05, 4.69) is 42.0 Å². The molecule has 0 bridgehead atoms. The van der Waals surface area contributed by atoms with Crippen LogP contribution in [0.3, 0.4) is 0 Å². The number of benzene rings is 1. The molecule has 0 amide bonds. The van der Waals surface area contributed by atoms with Crippen LogP contribution in [-0.2, 0) is 6.42 Å². The van der Waals surface area contributed by atoms with Gasteiger partial charge in [-0.25, -0.2) is 4.39 Å². The van der Waals surface area contributed by atoms with Crippen molar-refractivity contribution in [2.75, 3.05) is 7.05 Å². The van der Waals surface area contributed by atoms with Gasteiger partial charge in [-0.15, -0.1) is 0 Å². The maximum atomic E-state index is 13.2. The van der Waals surface area contributed by atoms with Crippen LogP contribution in [0, 0.1) is 11.2 Å². The highest BCUT2D eigenvalue weighted by molar-refractivity contribution is 9.10. The molecule has 0 fully saturated rings. The van der Waals surface area contributed by atoms with Gasteiger partial charge in [-0.2, -0.15) is 0 Å². The summed E-state index contributed by atoms with van der Waals surface area (Å²) in [5.74, 6) is -0.158. The van der Waals surface area contributed by atoms with E-state index in [-0.39, 0.29) is 11.2 Å². The fourth-order valence-electron chi connectivity index (χ4n) is 2.24. The molecule has 1 aromatic rings. The van der Waals surface area contributed by atoms with Crippen molar-refractivity contribution in [3.63, 3.8) is 0 Å². The molecule has 1 unspecified atom stereocenters. The minimum absolute atomic E-state index is 0.158. The van der Waals surface area contributed by atoms with Gasteiger partial charge in [0, 0.05) is 10.5 Å². The molecule has 0 aliphatic rings. The first kappa shape index (κ1) is 15.6. The summed E-state index contributed by atoms with van der Waals surface area (Å²) in [4.78, 5) is 0. The van der Waals surface area contributed by atoms with Crippen LogP contribution in [-0.4, -0.2) is 13.1 Å². The van der Waals surface area contributed by atoms with E-state index in [1.54, 1.807) is 12.1 Å². The van der Waals surface area contributed by atoms with Crippen LogP contribution in [0.15, 0.2) is 22.7 Å². The topological polar surface area (TPSA) is 12.0 Å². The fraction of sp³-hybridized carbons (Fsp3) is 0.600. The quantitative estimate of drug-likeness (QED) is 0.840. The van der Waals surface area contributed by atoms with E-state index in [1.165, 1.54) is 6.07 Å². The molecule has 1 aromatic carbocycles. The van der Waals surface area contributed by atoms with Gasteiger partial charge in [0.15, 0.2) is 0 Å². The fourth-order valence-corrected chi connectivity index (χ4v) is 2.69. The van der Waals surface area contributed by atoms with Crippen molar-refractivity contribution >= 4 is 15.9 Å². The molecular weight excluding hydrogens is 293 g/mol. The van der Waals surface area contributed by atoms with E-state index >= 15 is 0 Å². The molecule has 1 N–H and O–H groups in total. The number of rotatable bonds is 5. The van der Waals surface area contributed by atoms with Crippen molar-refractivity contribution in [2.45, 2.75) is 46.1 Å². The Balaban J connectivity index is 2.53. The third-order valence-electron chi connectivity index (χ3n) is 3.34. The van der Waals surface area contributed by atoms with E-state index in [4.69, 9.17) is 0 Å². The highest BCUT2D eigenvalue weighted by atomic mass is 79.9. The van der Waals surface area contributed by atoms with E-state index < -0.39 is 0 Å². The van der Waals surface area contributed by atoms with Gasteiger partial charge in [0.2, 0.25) is 0 Å². The normalized spacial score (nSPS) is 13.7. The average molecular weight is 316 g/mol. The zero-order valence-electron chi connectivity index (χ0n) is 11.7. The van der Waals surface area contributed by atoms with Crippen LogP contribution in [0.2, 0.25) is 0 Å². The average Bonchev–Trinajstić information content (AvgIpc) is 2.27. The summed E-state index contributed by atoms with van der Waals surface area (Å²) >= 11 is 3.47. The van der Waals surface area contributed by atoms with E-state index in [9.17, 15) is 4.39 Å². The Labute approximate surface area is 118 Å². The summed E-state index contributed by atoms with van der Waals surface area (Å²) in [6.07, 6.45) is 3.07. The monoisotopic (exact) mass is 315 g/mol. The number of halogens is 2. The molecule has 0 saturated heterocycles. The maximum Gasteiger partial charge on any atom is 0.123 e. The lowest BCUT2D eigenvalue weighted by molar-refractivity contribution is 0.263. The molecular formula is C15H23BrFN. The summed E-state index contributed by atoms with van der Waals surface area (Å²) in [6, 6.07) is 5.38. The second-order valence-electron chi connectivity index (χ2n) is 5.84. The lowest BCUT2D eigenvalue weighted by atomic mass is 9.83. The summed E-state index contributed by atoms with van der Waals surface area (Å²) < 4.78 is 14.2. The Morgan fingerprint density at radius 3 is 2.56 bits per heavy atom. The highest BCUT2D eigenvalue weighted by Gasteiger charge is 2.22. The molecule has 1 nitrogen and oxygen atoms in total. The van der Waals surface area contributed by atoms with Gasteiger partial charge in [0.25, 0.3) is 0 Å². The van der Waals surface area contributed by atoms with Gasteiger partial charge in [0.05, 0.1) is 0 Å². The first-order valence-corrected chi connectivity index (χ1v) is 7.25. The molecule has 0 saturated carbocycles. The minimum Gasteiger partial charge on any atom is -0.316 e. The van der Waals surface area contributed by atoms with Gasteiger partial charge in [-0.1, -0.05) is 36.7 Å². The predicted octanol–water partition coefficient (Wildman–Crippen LogP) is 4.55. The first-order chi connectivity index (χ1) is 8.34. The number of nitrogens with one attached hydrogen (secondary N) is 1. The Hall–Kier alpha value is -0.410.